The lowest BCUT2D eigenvalue weighted by atomic mass is 9.94. The van der Waals surface area contributed by atoms with Gasteiger partial charge in [-0.05, 0) is 48.6 Å². The fourth-order valence-corrected chi connectivity index (χ4v) is 3.20. The topological polar surface area (TPSA) is 61.7 Å². The van der Waals surface area contributed by atoms with Crippen molar-refractivity contribution in [1.29, 1.82) is 0 Å². The van der Waals surface area contributed by atoms with Crippen molar-refractivity contribution in [2.75, 3.05) is 13.2 Å². The Morgan fingerprint density at radius 1 is 1.17 bits per heavy atom. The molecule has 0 amide bonds. The lowest BCUT2D eigenvalue weighted by Crippen LogP contribution is -2.33. The highest BCUT2D eigenvalue weighted by Crippen LogP contribution is 2.30. The number of hydrogen-bond donors (Lipinski definition) is 3. The van der Waals surface area contributed by atoms with Gasteiger partial charge in [0.25, 0.3) is 0 Å². The summed E-state index contributed by atoms with van der Waals surface area (Å²) in [5.74, 6) is 0.209. The second kappa shape index (κ2) is 7.79. The quantitative estimate of drug-likeness (QED) is 0.763. The highest BCUT2D eigenvalue weighted by Gasteiger charge is 2.22. The largest absolute Gasteiger partial charge is 0.508 e. The summed E-state index contributed by atoms with van der Waals surface area (Å²) >= 11 is 0. The van der Waals surface area contributed by atoms with E-state index in [-0.39, 0.29) is 17.9 Å². The van der Waals surface area contributed by atoms with Crippen molar-refractivity contribution >= 4 is 0 Å². The van der Waals surface area contributed by atoms with Crippen LogP contribution in [-0.2, 0) is 11.2 Å². The molecule has 0 fully saturated rings. The summed E-state index contributed by atoms with van der Waals surface area (Å²) in [6.45, 7) is 3.36. The number of fused-ring (bicyclic) bond motifs is 1. The molecule has 4 heteroatoms. The minimum absolute atomic E-state index is 0.114. The van der Waals surface area contributed by atoms with Crippen molar-refractivity contribution in [3.05, 3.63) is 65.2 Å². The summed E-state index contributed by atoms with van der Waals surface area (Å²) in [7, 11) is 0. The first-order chi connectivity index (χ1) is 11.6. The standard InChI is InChI=1S/C20H25NO3/c1-14(21-13-19(23)16-6-8-17(22)9-7-16)12-20-18-5-3-2-4-15(18)10-11-24-20/h2-9,14,19-23H,10-13H2,1H3. The van der Waals surface area contributed by atoms with Gasteiger partial charge in [-0.2, -0.15) is 0 Å². The third kappa shape index (κ3) is 4.15. The maximum absolute atomic E-state index is 10.2. The molecule has 128 valence electrons. The van der Waals surface area contributed by atoms with Crippen LogP contribution in [0.1, 0.15) is 42.2 Å². The van der Waals surface area contributed by atoms with Gasteiger partial charge in [-0.1, -0.05) is 36.4 Å². The molecule has 0 aromatic heterocycles. The van der Waals surface area contributed by atoms with Crippen LogP contribution in [-0.4, -0.2) is 29.4 Å². The van der Waals surface area contributed by atoms with Crippen LogP contribution in [0.25, 0.3) is 0 Å². The van der Waals surface area contributed by atoms with Crippen LogP contribution in [0.2, 0.25) is 0 Å². The van der Waals surface area contributed by atoms with E-state index < -0.39 is 6.10 Å². The first-order valence-electron chi connectivity index (χ1n) is 8.53. The smallest absolute Gasteiger partial charge is 0.115 e. The fourth-order valence-electron chi connectivity index (χ4n) is 3.20. The first-order valence-corrected chi connectivity index (χ1v) is 8.53. The van der Waals surface area contributed by atoms with E-state index >= 15 is 0 Å². The van der Waals surface area contributed by atoms with Crippen molar-refractivity contribution in [2.45, 2.75) is 38.0 Å². The Bertz CT molecular complexity index is 656. The number of ether oxygens (including phenoxy) is 1. The monoisotopic (exact) mass is 327 g/mol. The summed E-state index contributed by atoms with van der Waals surface area (Å²) in [5, 5.41) is 22.9. The normalized spacial score (nSPS) is 19.5. The molecular weight excluding hydrogens is 302 g/mol. The van der Waals surface area contributed by atoms with Crippen LogP contribution in [0.4, 0.5) is 0 Å². The van der Waals surface area contributed by atoms with E-state index in [0.717, 1.165) is 25.0 Å². The van der Waals surface area contributed by atoms with Crippen molar-refractivity contribution < 1.29 is 14.9 Å². The third-order valence-corrected chi connectivity index (χ3v) is 4.60. The molecule has 1 heterocycles. The zero-order valence-corrected chi connectivity index (χ0v) is 14.0. The summed E-state index contributed by atoms with van der Waals surface area (Å²) in [4.78, 5) is 0. The SMILES string of the molecule is CC(CC1OCCc2ccccc21)NCC(O)c1ccc(O)cc1. The van der Waals surface area contributed by atoms with E-state index in [0.29, 0.717) is 6.54 Å². The number of benzene rings is 2. The minimum Gasteiger partial charge on any atom is -0.508 e. The fraction of sp³-hybridized carbons (Fsp3) is 0.400. The van der Waals surface area contributed by atoms with Gasteiger partial charge in [0.1, 0.15) is 5.75 Å². The minimum atomic E-state index is -0.590. The van der Waals surface area contributed by atoms with Crippen molar-refractivity contribution in [1.82, 2.24) is 5.32 Å². The number of phenolic OH excluding ortho intramolecular Hbond substituents is 1. The lowest BCUT2D eigenvalue weighted by Gasteiger charge is -2.29. The predicted octanol–water partition coefficient (Wildman–Crippen LogP) is 3.11. The molecule has 24 heavy (non-hydrogen) atoms. The molecule has 2 aromatic carbocycles. The van der Waals surface area contributed by atoms with Gasteiger partial charge < -0.3 is 20.3 Å². The van der Waals surface area contributed by atoms with E-state index in [2.05, 4.69) is 36.5 Å². The Morgan fingerprint density at radius 3 is 2.71 bits per heavy atom. The molecule has 0 saturated heterocycles. The van der Waals surface area contributed by atoms with Crippen molar-refractivity contribution in [3.63, 3.8) is 0 Å². The van der Waals surface area contributed by atoms with Crippen LogP contribution >= 0.6 is 0 Å². The molecule has 3 atom stereocenters. The molecule has 2 aromatic rings. The van der Waals surface area contributed by atoms with E-state index in [1.807, 2.05) is 0 Å². The van der Waals surface area contributed by atoms with Crippen LogP contribution in [0, 0.1) is 0 Å². The molecular formula is C20H25NO3. The number of rotatable bonds is 6. The maximum Gasteiger partial charge on any atom is 0.115 e. The van der Waals surface area contributed by atoms with Gasteiger partial charge in [-0.3, -0.25) is 0 Å². The predicted molar refractivity (Wildman–Crippen MR) is 94.0 cm³/mol. The molecule has 0 saturated carbocycles. The molecule has 4 nitrogen and oxygen atoms in total. The summed E-state index contributed by atoms with van der Waals surface area (Å²) in [6, 6.07) is 15.4. The molecule has 3 rings (SSSR count). The average molecular weight is 327 g/mol. The van der Waals surface area contributed by atoms with E-state index in [1.54, 1.807) is 24.3 Å². The number of aliphatic hydroxyl groups is 1. The second-order valence-electron chi connectivity index (χ2n) is 6.46. The van der Waals surface area contributed by atoms with Crippen molar-refractivity contribution in [3.8, 4) is 5.75 Å². The average Bonchev–Trinajstić information content (AvgIpc) is 2.61. The zero-order valence-electron chi connectivity index (χ0n) is 14.0. The number of aliphatic hydroxyl groups excluding tert-OH is 1. The van der Waals surface area contributed by atoms with Gasteiger partial charge in [0.15, 0.2) is 0 Å². The second-order valence-corrected chi connectivity index (χ2v) is 6.46. The molecule has 3 unspecified atom stereocenters. The van der Waals surface area contributed by atoms with Gasteiger partial charge in [0, 0.05) is 12.6 Å². The van der Waals surface area contributed by atoms with Crippen LogP contribution < -0.4 is 5.32 Å². The van der Waals surface area contributed by atoms with Gasteiger partial charge in [-0.25, -0.2) is 0 Å². The Kier molecular flexibility index (Phi) is 5.51. The third-order valence-electron chi connectivity index (χ3n) is 4.60. The first kappa shape index (κ1) is 17.0. The number of phenols is 1. The molecule has 0 spiro atoms. The van der Waals surface area contributed by atoms with E-state index in [9.17, 15) is 10.2 Å². The zero-order chi connectivity index (χ0) is 16.9. The van der Waals surface area contributed by atoms with Crippen LogP contribution in [0.15, 0.2) is 48.5 Å². The number of aromatic hydroxyl groups is 1. The lowest BCUT2D eigenvalue weighted by molar-refractivity contribution is 0.0296. The van der Waals surface area contributed by atoms with E-state index in [4.69, 9.17) is 4.74 Å². The molecule has 1 aliphatic rings. The molecule has 1 aliphatic heterocycles. The van der Waals surface area contributed by atoms with Gasteiger partial charge in [0.05, 0.1) is 18.8 Å². The van der Waals surface area contributed by atoms with Crippen molar-refractivity contribution in [2.24, 2.45) is 0 Å². The number of nitrogens with one attached hydrogen (secondary N) is 1. The van der Waals surface area contributed by atoms with E-state index in [1.165, 1.54) is 11.1 Å². The van der Waals surface area contributed by atoms with Crippen LogP contribution in [0.5, 0.6) is 5.75 Å². The molecule has 0 bridgehead atoms. The van der Waals surface area contributed by atoms with Gasteiger partial charge >= 0.3 is 0 Å². The Morgan fingerprint density at radius 2 is 1.92 bits per heavy atom. The Hall–Kier alpha value is -1.88. The Balaban J connectivity index is 1.53. The molecule has 3 N–H and O–H groups in total. The summed E-state index contributed by atoms with van der Waals surface area (Å²) < 4.78 is 5.95. The Labute approximate surface area is 143 Å². The summed E-state index contributed by atoms with van der Waals surface area (Å²) in [6.07, 6.45) is 1.38. The molecule has 0 radical (unpaired) electrons. The van der Waals surface area contributed by atoms with Gasteiger partial charge in [0.2, 0.25) is 0 Å². The van der Waals surface area contributed by atoms with Crippen LogP contribution in [0.3, 0.4) is 0 Å². The maximum atomic E-state index is 10.2. The highest BCUT2D eigenvalue weighted by molar-refractivity contribution is 5.31. The summed E-state index contributed by atoms with van der Waals surface area (Å²) in [5.41, 5.74) is 3.47. The molecule has 0 aliphatic carbocycles. The number of hydrogen-bond acceptors (Lipinski definition) is 4. The highest BCUT2D eigenvalue weighted by atomic mass is 16.5. The van der Waals surface area contributed by atoms with Gasteiger partial charge in [-0.15, -0.1) is 0 Å².